The van der Waals surface area contributed by atoms with Crippen molar-refractivity contribution in [1.29, 1.82) is 0 Å². The molecule has 0 aromatic heterocycles. The first-order valence-corrected chi connectivity index (χ1v) is 18.8. The summed E-state index contributed by atoms with van der Waals surface area (Å²) in [4.78, 5) is 4.77. The molecule has 1 aliphatic heterocycles. The predicted octanol–water partition coefficient (Wildman–Crippen LogP) is 7.71. The molecule has 1 saturated heterocycles. The van der Waals surface area contributed by atoms with Gasteiger partial charge >= 0.3 is 0 Å². The molecule has 4 heteroatoms. The van der Waals surface area contributed by atoms with Gasteiger partial charge in [0.2, 0.25) is 0 Å². The maximum Gasteiger partial charge on any atom is 0.0423 e. The molecular formula is C44H64N4. The summed E-state index contributed by atoms with van der Waals surface area (Å²) in [6.45, 7) is 14.4. The van der Waals surface area contributed by atoms with E-state index in [0.29, 0.717) is 6.04 Å². The molecule has 1 heterocycles. The van der Waals surface area contributed by atoms with E-state index >= 15 is 0 Å². The zero-order valence-electron chi connectivity index (χ0n) is 31.0. The molecule has 0 amide bonds. The van der Waals surface area contributed by atoms with Crippen LogP contribution in [-0.2, 0) is 24.7 Å². The molecule has 0 bridgehead atoms. The lowest BCUT2D eigenvalue weighted by Gasteiger charge is -2.32. The highest BCUT2D eigenvalue weighted by Crippen LogP contribution is 2.39. The quantitative estimate of drug-likeness (QED) is 0.0706. The molecule has 48 heavy (non-hydrogen) atoms. The highest BCUT2D eigenvalue weighted by atomic mass is 15.3. The minimum Gasteiger partial charge on any atom is -0.327 e. The molecular weight excluding hydrogens is 585 g/mol. The fraction of sp³-hybridized carbons (Fsp3) is 0.545. The smallest absolute Gasteiger partial charge is 0.0423 e. The van der Waals surface area contributed by atoms with Crippen LogP contribution in [0.2, 0.25) is 0 Å². The molecule has 0 saturated carbocycles. The monoisotopic (exact) mass is 649 g/mol. The molecule has 3 aromatic carbocycles. The number of benzene rings is 3. The van der Waals surface area contributed by atoms with Crippen LogP contribution in [0.3, 0.4) is 0 Å². The van der Waals surface area contributed by atoms with Gasteiger partial charge in [-0.05, 0) is 125 Å². The summed E-state index contributed by atoms with van der Waals surface area (Å²) in [5.41, 5.74) is 14.3. The number of nitrogens with one attached hydrogen (secondary N) is 1. The van der Waals surface area contributed by atoms with E-state index in [2.05, 4.69) is 136 Å². The van der Waals surface area contributed by atoms with E-state index in [4.69, 9.17) is 12.2 Å². The van der Waals surface area contributed by atoms with Crippen LogP contribution in [0, 0.1) is 24.2 Å². The van der Waals surface area contributed by atoms with Gasteiger partial charge in [0.1, 0.15) is 0 Å². The van der Waals surface area contributed by atoms with Crippen molar-refractivity contribution < 1.29 is 0 Å². The highest BCUT2D eigenvalue weighted by molar-refractivity contribution is 5.51. The van der Waals surface area contributed by atoms with Crippen LogP contribution in [-0.4, -0.2) is 68.7 Å². The normalized spacial score (nSPS) is 19.0. The molecule has 3 aromatic rings. The Hall–Kier alpha value is -2.94. The second-order valence-corrected chi connectivity index (χ2v) is 14.8. The lowest BCUT2D eigenvalue weighted by atomic mass is 9.70. The molecule has 0 radical (unpaired) electrons. The zero-order valence-corrected chi connectivity index (χ0v) is 31.0. The van der Waals surface area contributed by atoms with Crippen LogP contribution in [0.4, 0.5) is 0 Å². The van der Waals surface area contributed by atoms with Crippen molar-refractivity contribution in [1.82, 2.24) is 15.1 Å². The standard InChI is InChI=1S/C44H64N4/c1-8-11-39(30-46-6)15-14-37-18-25-41(26-19-37)44(5,40-23-16-36(17-24-40)13-12-35(9-2)32-47(7)10-3)42-27-20-38(21-28-42)22-29-43(45)33-48-31-34(48)4/h2,16-21,23-28,34-35,39,43,46H,8,10-15,22,29-33,45H2,1,3-7H3. The van der Waals surface area contributed by atoms with Gasteiger partial charge in [0, 0.05) is 43.1 Å². The summed E-state index contributed by atoms with van der Waals surface area (Å²) in [6.07, 6.45) is 14.8. The number of rotatable bonds is 21. The van der Waals surface area contributed by atoms with E-state index in [1.165, 1.54) is 59.2 Å². The van der Waals surface area contributed by atoms with Gasteiger partial charge in [-0.1, -0.05) is 93.1 Å². The summed E-state index contributed by atoms with van der Waals surface area (Å²) in [5, 5.41) is 3.39. The third-order valence-corrected chi connectivity index (χ3v) is 11.0. The van der Waals surface area contributed by atoms with E-state index < -0.39 is 0 Å². The van der Waals surface area contributed by atoms with E-state index in [1.807, 2.05) is 0 Å². The number of nitrogens with two attached hydrogens (primary N) is 1. The number of hydrogen-bond acceptors (Lipinski definition) is 4. The molecule has 0 aliphatic carbocycles. The molecule has 3 N–H and O–H groups in total. The lowest BCUT2D eigenvalue weighted by Crippen LogP contribution is -2.30. The van der Waals surface area contributed by atoms with Gasteiger partial charge in [0.25, 0.3) is 0 Å². The molecule has 260 valence electrons. The molecule has 0 spiro atoms. The highest BCUT2D eigenvalue weighted by Gasteiger charge is 2.32. The predicted molar refractivity (Wildman–Crippen MR) is 207 cm³/mol. The van der Waals surface area contributed by atoms with Gasteiger partial charge in [-0.3, -0.25) is 4.90 Å². The van der Waals surface area contributed by atoms with Gasteiger partial charge in [-0.2, -0.15) is 0 Å². The zero-order chi connectivity index (χ0) is 34.5. The van der Waals surface area contributed by atoms with Crippen molar-refractivity contribution in [2.24, 2.45) is 17.6 Å². The first kappa shape index (κ1) is 37.9. The van der Waals surface area contributed by atoms with Crippen LogP contribution in [0.1, 0.15) is 93.2 Å². The minimum atomic E-state index is -0.274. The minimum absolute atomic E-state index is 0.232. The van der Waals surface area contributed by atoms with Crippen LogP contribution < -0.4 is 11.1 Å². The van der Waals surface area contributed by atoms with E-state index in [1.54, 1.807) is 0 Å². The van der Waals surface area contributed by atoms with Gasteiger partial charge in [-0.15, -0.1) is 12.3 Å². The number of nitrogens with zero attached hydrogens (tertiary/aromatic N) is 2. The first-order chi connectivity index (χ1) is 23.2. The van der Waals surface area contributed by atoms with Crippen molar-refractivity contribution in [3.05, 3.63) is 106 Å². The Balaban J connectivity index is 1.53. The second-order valence-electron chi connectivity index (χ2n) is 14.8. The Labute approximate surface area is 293 Å². The summed E-state index contributed by atoms with van der Waals surface area (Å²) in [5.74, 6) is 4.03. The third-order valence-electron chi connectivity index (χ3n) is 11.0. The molecule has 4 nitrogen and oxygen atoms in total. The largest absolute Gasteiger partial charge is 0.327 e. The van der Waals surface area contributed by atoms with Gasteiger partial charge < -0.3 is 16.0 Å². The fourth-order valence-electron chi connectivity index (χ4n) is 7.30. The number of hydrogen-bond donors (Lipinski definition) is 2. The van der Waals surface area contributed by atoms with Crippen molar-refractivity contribution in [2.45, 2.75) is 96.6 Å². The van der Waals surface area contributed by atoms with Crippen LogP contribution in [0.5, 0.6) is 0 Å². The summed E-state index contributed by atoms with van der Waals surface area (Å²) in [7, 11) is 4.22. The van der Waals surface area contributed by atoms with Crippen molar-refractivity contribution >= 4 is 0 Å². The molecule has 1 fully saturated rings. The van der Waals surface area contributed by atoms with Crippen LogP contribution >= 0.6 is 0 Å². The number of terminal acetylenes is 1. The maximum absolute atomic E-state index is 6.48. The molecule has 6 atom stereocenters. The summed E-state index contributed by atoms with van der Waals surface area (Å²) in [6, 6.07) is 29.1. The van der Waals surface area contributed by atoms with Crippen LogP contribution in [0.15, 0.2) is 72.8 Å². The van der Waals surface area contributed by atoms with Gasteiger partial charge in [-0.25, -0.2) is 0 Å². The van der Waals surface area contributed by atoms with E-state index in [0.717, 1.165) is 64.2 Å². The van der Waals surface area contributed by atoms with Gasteiger partial charge in [0.05, 0.1) is 0 Å². The van der Waals surface area contributed by atoms with Crippen molar-refractivity contribution in [3.63, 3.8) is 0 Å². The summed E-state index contributed by atoms with van der Waals surface area (Å²) >= 11 is 0. The Kier molecular flexibility index (Phi) is 14.8. The Morgan fingerprint density at radius 1 is 0.854 bits per heavy atom. The Morgan fingerprint density at radius 2 is 1.33 bits per heavy atom. The second kappa shape index (κ2) is 18.7. The van der Waals surface area contributed by atoms with Crippen molar-refractivity contribution in [2.75, 3.05) is 46.8 Å². The molecule has 4 rings (SSSR count). The third kappa shape index (κ3) is 10.8. The Bertz CT molecular complexity index is 1380. The van der Waals surface area contributed by atoms with Crippen molar-refractivity contribution in [3.8, 4) is 12.3 Å². The SMILES string of the molecule is C#CC(CCc1ccc(C(C)(c2ccc(CCC(N)CN3CC3C)cc2)c2ccc(CCC(CCC)CNC)cc2)cc1)CN(C)CC. The van der Waals surface area contributed by atoms with Gasteiger partial charge in [0.15, 0.2) is 0 Å². The maximum atomic E-state index is 6.48. The van der Waals surface area contributed by atoms with Crippen LogP contribution in [0.25, 0.3) is 0 Å². The first-order valence-electron chi connectivity index (χ1n) is 18.8. The topological polar surface area (TPSA) is 44.3 Å². The molecule has 1 aliphatic rings. The Morgan fingerprint density at radius 3 is 1.75 bits per heavy atom. The summed E-state index contributed by atoms with van der Waals surface area (Å²) < 4.78 is 0. The number of aryl methyl sites for hydroxylation is 3. The average molecular weight is 649 g/mol. The average Bonchev–Trinajstić information content (AvgIpc) is 3.81. The molecule has 6 unspecified atom stereocenters. The lowest BCUT2D eigenvalue weighted by molar-refractivity contribution is 0.312. The fourth-order valence-corrected chi connectivity index (χ4v) is 7.30. The van der Waals surface area contributed by atoms with E-state index in [-0.39, 0.29) is 17.4 Å². The van der Waals surface area contributed by atoms with E-state index in [9.17, 15) is 0 Å².